The molecule has 1 atom stereocenters. The van der Waals surface area contributed by atoms with Crippen LogP contribution in [0, 0.1) is 6.92 Å². The van der Waals surface area contributed by atoms with Gasteiger partial charge < -0.3 is 9.64 Å². The van der Waals surface area contributed by atoms with Crippen molar-refractivity contribution in [1.29, 1.82) is 0 Å². The molecule has 6 heteroatoms. The highest BCUT2D eigenvalue weighted by Crippen LogP contribution is 2.24. The van der Waals surface area contributed by atoms with Crippen LogP contribution in [0.25, 0.3) is 0 Å². The molecule has 1 amide bonds. The summed E-state index contributed by atoms with van der Waals surface area (Å²) in [6, 6.07) is 9.98. The van der Waals surface area contributed by atoms with Crippen molar-refractivity contribution in [3.63, 3.8) is 0 Å². The molecule has 23 heavy (non-hydrogen) atoms. The van der Waals surface area contributed by atoms with Gasteiger partial charge >= 0.3 is 0 Å². The van der Waals surface area contributed by atoms with Crippen LogP contribution in [0.3, 0.4) is 0 Å². The number of amides is 1. The first kappa shape index (κ1) is 16.4. The monoisotopic (exact) mass is 350 g/mol. The first-order chi connectivity index (χ1) is 11.1. The van der Waals surface area contributed by atoms with Crippen molar-refractivity contribution in [3.05, 3.63) is 50.9 Å². The van der Waals surface area contributed by atoms with Crippen molar-refractivity contribution >= 4 is 28.8 Å². The summed E-state index contributed by atoms with van der Waals surface area (Å²) in [6.45, 7) is 3.79. The second kappa shape index (κ2) is 7.43. The lowest BCUT2D eigenvalue weighted by atomic mass is 10.1. The number of halogens is 1. The van der Waals surface area contributed by atoms with Crippen molar-refractivity contribution in [3.8, 4) is 0 Å². The summed E-state index contributed by atoms with van der Waals surface area (Å²) in [4.78, 5) is 19.8. The third-order valence-corrected chi connectivity index (χ3v) is 5.00. The van der Waals surface area contributed by atoms with E-state index in [0.29, 0.717) is 23.3 Å². The molecule has 1 aliphatic heterocycles. The number of ether oxygens (including phenoxy) is 1. The quantitative estimate of drug-likeness (QED) is 0.820. The minimum atomic E-state index is -0.0787. The molecular formula is C17H19ClN2O2S. The number of rotatable bonds is 5. The average Bonchev–Trinajstić information content (AvgIpc) is 3.16. The molecule has 1 aliphatic rings. The molecule has 0 bridgehead atoms. The first-order valence-electron chi connectivity index (χ1n) is 7.71. The zero-order chi connectivity index (χ0) is 16.2. The molecule has 1 fully saturated rings. The van der Waals surface area contributed by atoms with E-state index < -0.39 is 0 Å². The lowest BCUT2D eigenvalue weighted by Crippen LogP contribution is -2.37. The van der Waals surface area contributed by atoms with E-state index in [1.165, 1.54) is 11.3 Å². The lowest BCUT2D eigenvalue weighted by Gasteiger charge is -2.25. The van der Waals surface area contributed by atoms with Crippen LogP contribution in [0.2, 0.25) is 4.47 Å². The summed E-state index contributed by atoms with van der Waals surface area (Å²) in [5.41, 5.74) is 1.55. The van der Waals surface area contributed by atoms with E-state index in [4.69, 9.17) is 16.3 Å². The van der Waals surface area contributed by atoms with Gasteiger partial charge in [-0.3, -0.25) is 4.79 Å². The SMILES string of the molecule is Cc1sc(Cl)nc1C(=O)N(Cc1ccccc1)C[C@@H]1CCCO1. The van der Waals surface area contributed by atoms with Crippen LogP contribution >= 0.6 is 22.9 Å². The minimum Gasteiger partial charge on any atom is -0.376 e. The first-order valence-corrected chi connectivity index (χ1v) is 8.90. The van der Waals surface area contributed by atoms with Gasteiger partial charge in [-0.05, 0) is 25.3 Å². The summed E-state index contributed by atoms with van der Waals surface area (Å²) in [5, 5.41) is 0. The second-order valence-electron chi connectivity index (χ2n) is 5.68. The highest BCUT2D eigenvalue weighted by atomic mass is 35.5. The van der Waals surface area contributed by atoms with Crippen LogP contribution in [-0.2, 0) is 11.3 Å². The standard InChI is InChI=1S/C17H19ClN2O2S/c1-12-15(19-17(18)23-12)16(21)20(11-14-8-5-9-22-14)10-13-6-3-2-4-7-13/h2-4,6-7,14H,5,8-11H2,1H3/t14-/m0/s1. The lowest BCUT2D eigenvalue weighted by molar-refractivity contribution is 0.0503. The molecule has 2 aromatic rings. The third kappa shape index (κ3) is 4.10. The van der Waals surface area contributed by atoms with Gasteiger partial charge in [0, 0.05) is 24.6 Å². The van der Waals surface area contributed by atoms with Crippen molar-refractivity contribution in [2.45, 2.75) is 32.4 Å². The molecule has 122 valence electrons. The fourth-order valence-electron chi connectivity index (χ4n) is 2.77. The maximum atomic E-state index is 12.9. The molecule has 0 saturated carbocycles. The van der Waals surface area contributed by atoms with E-state index in [9.17, 15) is 4.79 Å². The topological polar surface area (TPSA) is 42.4 Å². The van der Waals surface area contributed by atoms with Gasteiger partial charge in [0.05, 0.1) is 6.10 Å². The van der Waals surface area contributed by atoms with Crippen molar-refractivity contribution in [2.24, 2.45) is 0 Å². The summed E-state index contributed by atoms with van der Waals surface area (Å²) in [6.07, 6.45) is 2.16. The molecule has 0 aliphatic carbocycles. The van der Waals surface area contributed by atoms with Gasteiger partial charge in [-0.2, -0.15) is 0 Å². The maximum absolute atomic E-state index is 12.9. The molecule has 0 spiro atoms. The maximum Gasteiger partial charge on any atom is 0.274 e. The number of carbonyl (C=O) groups is 1. The van der Waals surface area contributed by atoms with E-state index in [-0.39, 0.29) is 12.0 Å². The number of aromatic nitrogens is 1. The van der Waals surface area contributed by atoms with Crippen LogP contribution in [0.5, 0.6) is 0 Å². The number of hydrogen-bond acceptors (Lipinski definition) is 4. The fourth-order valence-corrected chi connectivity index (χ4v) is 3.82. The van der Waals surface area contributed by atoms with E-state index in [0.717, 1.165) is 29.9 Å². The zero-order valence-electron chi connectivity index (χ0n) is 13.0. The Labute approximate surface area is 145 Å². The van der Waals surface area contributed by atoms with Crippen LogP contribution in [0.15, 0.2) is 30.3 Å². The predicted octanol–water partition coefficient (Wildman–Crippen LogP) is 3.93. The normalized spacial score (nSPS) is 17.4. The third-order valence-electron chi connectivity index (χ3n) is 3.92. The Balaban J connectivity index is 1.81. The number of benzene rings is 1. The molecule has 1 saturated heterocycles. The summed E-state index contributed by atoms with van der Waals surface area (Å²) >= 11 is 7.30. The van der Waals surface area contributed by atoms with Gasteiger partial charge in [0.2, 0.25) is 0 Å². The summed E-state index contributed by atoms with van der Waals surface area (Å²) < 4.78 is 6.11. The Hall–Kier alpha value is -1.43. The molecular weight excluding hydrogens is 332 g/mol. The van der Waals surface area contributed by atoms with Crippen LogP contribution in [-0.4, -0.2) is 35.0 Å². The van der Waals surface area contributed by atoms with Crippen LogP contribution in [0.1, 0.15) is 33.8 Å². The second-order valence-corrected chi connectivity index (χ2v) is 7.46. The number of carbonyl (C=O) groups excluding carboxylic acids is 1. The largest absolute Gasteiger partial charge is 0.376 e. The van der Waals surface area contributed by atoms with Gasteiger partial charge in [-0.1, -0.05) is 41.9 Å². The molecule has 1 aromatic carbocycles. The van der Waals surface area contributed by atoms with Gasteiger partial charge in [0.1, 0.15) is 5.69 Å². The van der Waals surface area contributed by atoms with E-state index >= 15 is 0 Å². The van der Waals surface area contributed by atoms with Gasteiger partial charge in [0.25, 0.3) is 5.91 Å². The van der Waals surface area contributed by atoms with Crippen LogP contribution < -0.4 is 0 Å². The van der Waals surface area contributed by atoms with Crippen LogP contribution in [0.4, 0.5) is 0 Å². The Morgan fingerprint density at radius 2 is 2.22 bits per heavy atom. The van der Waals surface area contributed by atoms with Crippen molar-refractivity contribution < 1.29 is 9.53 Å². The van der Waals surface area contributed by atoms with Crippen molar-refractivity contribution in [1.82, 2.24) is 9.88 Å². The van der Waals surface area contributed by atoms with Gasteiger partial charge in [0.15, 0.2) is 4.47 Å². The van der Waals surface area contributed by atoms with E-state index in [1.807, 2.05) is 42.2 Å². The molecule has 2 heterocycles. The number of aryl methyl sites for hydroxylation is 1. The molecule has 3 rings (SSSR count). The Kier molecular flexibility index (Phi) is 5.30. The molecule has 0 radical (unpaired) electrons. The Bertz CT molecular complexity index is 668. The minimum absolute atomic E-state index is 0.0787. The zero-order valence-corrected chi connectivity index (χ0v) is 14.6. The van der Waals surface area contributed by atoms with Gasteiger partial charge in [-0.15, -0.1) is 11.3 Å². The summed E-state index contributed by atoms with van der Waals surface area (Å²) in [7, 11) is 0. The number of hydrogen-bond donors (Lipinski definition) is 0. The van der Waals surface area contributed by atoms with E-state index in [2.05, 4.69) is 4.98 Å². The Morgan fingerprint density at radius 1 is 1.43 bits per heavy atom. The number of nitrogens with zero attached hydrogens (tertiary/aromatic N) is 2. The predicted molar refractivity (Wildman–Crippen MR) is 92.0 cm³/mol. The smallest absolute Gasteiger partial charge is 0.274 e. The molecule has 4 nitrogen and oxygen atoms in total. The highest BCUT2D eigenvalue weighted by molar-refractivity contribution is 7.15. The number of thiazole rings is 1. The van der Waals surface area contributed by atoms with Gasteiger partial charge in [-0.25, -0.2) is 4.98 Å². The molecule has 0 unspecified atom stereocenters. The molecule has 1 aromatic heterocycles. The molecule has 0 N–H and O–H groups in total. The van der Waals surface area contributed by atoms with E-state index in [1.54, 1.807) is 0 Å². The summed E-state index contributed by atoms with van der Waals surface area (Å²) in [5.74, 6) is -0.0787. The Morgan fingerprint density at radius 3 is 2.83 bits per heavy atom. The highest BCUT2D eigenvalue weighted by Gasteiger charge is 2.26. The fraction of sp³-hybridized carbons (Fsp3) is 0.412. The average molecular weight is 351 g/mol. The van der Waals surface area contributed by atoms with Crippen molar-refractivity contribution in [2.75, 3.05) is 13.2 Å².